The van der Waals surface area contributed by atoms with E-state index in [0.717, 1.165) is 33.9 Å². The lowest BCUT2D eigenvalue weighted by molar-refractivity contribution is 0.739. The van der Waals surface area contributed by atoms with Crippen molar-refractivity contribution in [1.82, 2.24) is 15.0 Å². The Labute approximate surface area is 131 Å². The second-order valence-electron chi connectivity index (χ2n) is 4.69. The van der Waals surface area contributed by atoms with E-state index >= 15 is 0 Å². The van der Waals surface area contributed by atoms with Crippen LogP contribution < -0.4 is 11.1 Å². The summed E-state index contributed by atoms with van der Waals surface area (Å²) in [6.07, 6.45) is 3.75. The third-order valence-electron chi connectivity index (χ3n) is 3.28. The summed E-state index contributed by atoms with van der Waals surface area (Å²) < 4.78 is 0. The predicted octanol–water partition coefficient (Wildman–Crippen LogP) is 3.86. The SMILES string of the molecule is CCc1cc2c(NC(CC)c3nccs3)nc(N)nc2s1. The van der Waals surface area contributed by atoms with Gasteiger partial charge in [-0.25, -0.2) is 9.97 Å². The van der Waals surface area contributed by atoms with Gasteiger partial charge in [-0.15, -0.1) is 22.7 Å². The molecule has 3 N–H and O–H groups in total. The van der Waals surface area contributed by atoms with Crippen molar-refractivity contribution in [1.29, 1.82) is 0 Å². The number of thiophene rings is 1. The van der Waals surface area contributed by atoms with Crippen LogP contribution >= 0.6 is 22.7 Å². The molecule has 0 aliphatic carbocycles. The quantitative estimate of drug-likeness (QED) is 0.747. The normalized spacial score (nSPS) is 12.7. The molecule has 0 aliphatic rings. The van der Waals surface area contributed by atoms with Gasteiger partial charge in [-0.3, -0.25) is 0 Å². The molecule has 1 unspecified atom stereocenters. The lowest BCUT2D eigenvalue weighted by Crippen LogP contribution is -2.11. The van der Waals surface area contributed by atoms with Crippen molar-refractivity contribution in [2.75, 3.05) is 11.1 Å². The van der Waals surface area contributed by atoms with Gasteiger partial charge in [0.05, 0.1) is 11.4 Å². The van der Waals surface area contributed by atoms with E-state index in [2.05, 4.69) is 40.2 Å². The zero-order valence-electron chi connectivity index (χ0n) is 12.0. The standard InChI is InChI=1S/C14H17N5S2/c1-3-8-7-9-11(18-14(15)19-12(9)21-8)17-10(4-2)13-16-5-6-20-13/h5-7,10H,3-4H2,1-2H3,(H3,15,17,18,19). The topological polar surface area (TPSA) is 76.7 Å². The van der Waals surface area contributed by atoms with E-state index in [1.165, 1.54) is 4.88 Å². The van der Waals surface area contributed by atoms with Gasteiger partial charge in [0.1, 0.15) is 15.7 Å². The van der Waals surface area contributed by atoms with E-state index < -0.39 is 0 Å². The van der Waals surface area contributed by atoms with Crippen LogP contribution in [0, 0.1) is 0 Å². The predicted molar refractivity (Wildman–Crippen MR) is 90.0 cm³/mol. The molecule has 3 rings (SSSR count). The number of thiazole rings is 1. The van der Waals surface area contributed by atoms with Crippen molar-refractivity contribution in [2.24, 2.45) is 0 Å². The molecular weight excluding hydrogens is 302 g/mol. The number of nitrogens with zero attached hydrogens (tertiary/aromatic N) is 3. The molecule has 0 radical (unpaired) electrons. The average Bonchev–Trinajstić information content (AvgIpc) is 3.13. The number of fused-ring (bicyclic) bond motifs is 1. The maximum Gasteiger partial charge on any atom is 0.223 e. The zero-order chi connectivity index (χ0) is 14.8. The van der Waals surface area contributed by atoms with Crippen LogP contribution in [-0.2, 0) is 6.42 Å². The van der Waals surface area contributed by atoms with Gasteiger partial charge in [-0.1, -0.05) is 13.8 Å². The molecule has 3 heterocycles. The Kier molecular flexibility index (Phi) is 4.03. The van der Waals surface area contributed by atoms with Gasteiger partial charge in [0.15, 0.2) is 0 Å². The van der Waals surface area contributed by atoms with E-state index in [1.807, 2.05) is 11.6 Å². The number of anilines is 2. The Bertz CT molecular complexity index is 735. The van der Waals surface area contributed by atoms with E-state index in [4.69, 9.17) is 5.73 Å². The molecule has 21 heavy (non-hydrogen) atoms. The minimum atomic E-state index is 0.146. The summed E-state index contributed by atoms with van der Waals surface area (Å²) in [5, 5.41) is 7.57. The molecule has 0 aromatic carbocycles. The van der Waals surface area contributed by atoms with Crippen molar-refractivity contribution >= 4 is 44.7 Å². The van der Waals surface area contributed by atoms with Gasteiger partial charge >= 0.3 is 0 Å². The fourth-order valence-corrected chi connectivity index (χ4v) is 3.93. The molecule has 3 aromatic rings. The Morgan fingerprint density at radius 2 is 2.19 bits per heavy atom. The van der Waals surface area contributed by atoms with Crippen LogP contribution in [0.2, 0.25) is 0 Å². The third kappa shape index (κ3) is 2.84. The number of nitrogens with one attached hydrogen (secondary N) is 1. The molecule has 0 aliphatic heterocycles. The van der Waals surface area contributed by atoms with Crippen LogP contribution in [0.5, 0.6) is 0 Å². The second-order valence-corrected chi connectivity index (χ2v) is 6.73. The van der Waals surface area contributed by atoms with Crippen molar-refractivity contribution in [3.63, 3.8) is 0 Å². The summed E-state index contributed by atoms with van der Waals surface area (Å²) in [6.45, 7) is 4.27. The lowest BCUT2D eigenvalue weighted by atomic mass is 10.2. The highest BCUT2D eigenvalue weighted by Gasteiger charge is 2.16. The van der Waals surface area contributed by atoms with Gasteiger partial charge in [0, 0.05) is 16.5 Å². The number of hydrogen-bond donors (Lipinski definition) is 2. The molecule has 7 heteroatoms. The van der Waals surface area contributed by atoms with E-state index in [-0.39, 0.29) is 6.04 Å². The third-order valence-corrected chi connectivity index (χ3v) is 5.34. The average molecular weight is 319 g/mol. The first kappa shape index (κ1) is 14.2. The summed E-state index contributed by atoms with van der Waals surface area (Å²) in [7, 11) is 0. The Morgan fingerprint density at radius 3 is 2.86 bits per heavy atom. The molecule has 0 fully saturated rings. The van der Waals surface area contributed by atoms with Gasteiger partial charge in [0.25, 0.3) is 0 Å². The van der Waals surface area contributed by atoms with E-state index in [9.17, 15) is 0 Å². The van der Waals surface area contributed by atoms with Crippen molar-refractivity contribution in [2.45, 2.75) is 32.7 Å². The number of hydrogen-bond acceptors (Lipinski definition) is 7. The number of rotatable bonds is 5. The number of nitrogens with two attached hydrogens (primary N) is 1. The molecule has 0 spiro atoms. The molecule has 0 bridgehead atoms. The first-order chi connectivity index (χ1) is 10.2. The highest BCUT2D eigenvalue weighted by atomic mass is 32.1. The molecule has 0 amide bonds. The molecule has 3 aromatic heterocycles. The first-order valence-electron chi connectivity index (χ1n) is 6.93. The lowest BCUT2D eigenvalue weighted by Gasteiger charge is -2.15. The van der Waals surface area contributed by atoms with E-state index in [0.29, 0.717) is 5.95 Å². The zero-order valence-corrected chi connectivity index (χ0v) is 13.6. The van der Waals surface area contributed by atoms with E-state index in [1.54, 1.807) is 22.7 Å². The molecule has 5 nitrogen and oxygen atoms in total. The summed E-state index contributed by atoms with van der Waals surface area (Å²) in [5.41, 5.74) is 5.84. The maximum atomic E-state index is 5.84. The Hall–Kier alpha value is -1.73. The summed E-state index contributed by atoms with van der Waals surface area (Å²) in [6, 6.07) is 2.29. The van der Waals surface area contributed by atoms with Gasteiger partial charge < -0.3 is 11.1 Å². The van der Waals surface area contributed by atoms with Crippen LogP contribution in [0.4, 0.5) is 11.8 Å². The van der Waals surface area contributed by atoms with Crippen LogP contribution in [0.3, 0.4) is 0 Å². The van der Waals surface area contributed by atoms with Crippen molar-refractivity contribution < 1.29 is 0 Å². The number of aryl methyl sites for hydroxylation is 1. The first-order valence-corrected chi connectivity index (χ1v) is 8.62. The fourth-order valence-electron chi connectivity index (χ4n) is 2.18. The fraction of sp³-hybridized carbons (Fsp3) is 0.357. The van der Waals surface area contributed by atoms with Crippen LogP contribution in [-0.4, -0.2) is 15.0 Å². The van der Waals surface area contributed by atoms with Gasteiger partial charge in [-0.2, -0.15) is 4.98 Å². The Morgan fingerprint density at radius 1 is 1.33 bits per heavy atom. The molecule has 1 atom stereocenters. The van der Waals surface area contributed by atoms with Crippen LogP contribution in [0.1, 0.15) is 36.2 Å². The summed E-state index contributed by atoms with van der Waals surface area (Å²) in [4.78, 5) is 15.3. The van der Waals surface area contributed by atoms with Gasteiger partial charge in [0.2, 0.25) is 5.95 Å². The minimum Gasteiger partial charge on any atom is -0.368 e. The van der Waals surface area contributed by atoms with Gasteiger partial charge in [-0.05, 0) is 18.9 Å². The summed E-state index contributed by atoms with van der Waals surface area (Å²) >= 11 is 3.32. The largest absolute Gasteiger partial charge is 0.368 e. The molecule has 0 saturated heterocycles. The molecular formula is C14H17N5S2. The summed E-state index contributed by atoms with van der Waals surface area (Å²) in [5.74, 6) is 1.11. The maximum absolute atomic E-state index is 5.84. The van der Waals surface area contributed by atoms with Crippen molar-refractivity contribution in [3.05, 3.63) is 27.5 Å². The Balaban J connectivity index is 2.00. The van der Waals surface area contributed by atoms with Crippen molar-refractivity contribution in [3.8, 4) is 0 Å². The highest BCUT2D eigenvalue weighted by molar-refractivity contribution is 7.18. The smallest absolute Gasteiger partial charge is 0.223 e. The van der Waals surface area contributed by atoms with Crippen LogP contribution in [0.15, 0.2) is 17.6 Å². The molecule has 0 saturated carbocycles. The van der Waals surface area contributed by atoms with Crippen LogP contribution in [0.25, 0.3) is 10.2 Å². The number of aromatic nitrogens is 3. The molecule has 110 valence electrons. The monoisotopic (exact) mass is 319 g/mol. The minimum absolute atomic E-state index is 0.146. The second kappa shape index (κ2) is 5.95. The highest BCUT2D eigenvalue weighted by Crippen LogP contribution is 2.32. The number of nitrogen functional groups attached to an aromatic ring is 1.